The maximum absolute atomic E-state index is 12.3. The summed E-state index contributed by atoms with van der Waals surface area (Å²) in [5.74, 6) is -0.197. The van der Waals surface area contributed by atoms with E-state index in [-0.39, 0.29) is 11.4 Å². The standard InChI is InChI=1S/C26H25N3O3/c30-25-22-9-6-19(20-10-13-32-17-20)14-23(22)24(26(31)28-25)15-27-21-7-4-18(5-8-21)16-29-11-2-1-3-12-29/h4-10,13-15,17H,1-3,11-12,16H2,(H2,28,30,31). The van der Waals surface area contributed by atoms with Crippen LogP contribution in [0.25, 0.3) is 21.9 Å². The zero-order valence-electron chi connectivity index (χ0n) is 17.8. The molecule has 5 rings (SSSR count). The molecule has 2 aromatic carbocycles. The van der Waals surface area contributed by atoms with Gasteiger partial charge in [0.05, 0.1) is 23.8 Å². The monoisotopic (exact) mass is 427 g/mol. The van der Waals surface area contributed by atoms with Gasteiger partial charge in [-0.3, -0.25) is 19.7 Å². The van der Waals surface area contributed by atoms with Gasteiger partial charge >= 0.3 is 0 Å². The Labute approximate surface area is 185 Å². The van der Waals surface area contributed by atoms with Crippen LogP contribution >= 0.6 is 0 Å². The van der Waals surface area contributed by atoms with Gasteiger partial charge in [0.15, 0.2) is 0 Å². The van der Waals surface area contributed by atoms with Gasteiger partial charge < -0.3 is 9.52 Å². The van der Waals surface area contributed by atoms with Gasteiger partial charge in [0, 0.05) is 29.1 Å². The molecule has 0 saturated carbocycles. The quantitative estimate of drug-likeness (QED) is 0.427. The van der Waals surface area contributed by atoms with Crippen molar-refractivity contribution in [2.75, 3.05) is 13.1 Å². The Bertz CT molecular complexity index is 1300. The molecule has 0 amide bonds. The number of furan rings is 1. The smallest absolute Gasteiger partial charge is 0.258 e. The summed E-state index contributed by atoms with van der Waals surface area (Å²) in [7, 11) is 0. The van der Waals surface area contributed by atoms with Crippen LogP contribution in [0.15, 0.2) is 75.3 Å². The van der Waals surface area contributed by atoms with Gasteiger partial charge in [0.2, 0.25) is 5.88 Å². The van der Waals surface area contributed by atoms with E-state index in [4.69, 9.17) is 4.42 Å². The molecule has 1 fully saturated rings. The van der Waals surface area contributed by atoms with Gasteiger partial charge in [-0.25, -0.2) is 0 Å². The second kappa shape index (κ2) is 8.85. The Morgan fingerprint density at radius 2 is 1.81 bits per heavy atom. The number of aromatic hydroxyl groups is 1. The number of piperidine rings is 1. The fourth-order valence-corrected chi connectivity index (χ4v) is 4.28. The van der Waals surface area contributed by atoms with Gasteiger partial charge in [0.1, 0.15) is 0 Å². The van der Waals surface area contributed by atoms with Crippen molar-refractivity contribution in [2.45, 2.75) is 25.8 Å². The van der Waals surface area contributed by atoms with Crippen molar-refractivity contribution >= 4 is 22.7 Å². The second-order valence-corrected chi connectivity index (χ2v) is 8.25. The third-order valence-corrected chi connectivity index (χ3v) is 6.03. The lowest BCUT2D eigenvalue weighted by atomic mass is 10.0. The van der Waals surface area contributed by atoms with E-state index in [9.17, 15) is 9.90 Å². The zero-order valence-corrected chi connectivity index (χ0v) is 17.8. The van der Waals surface area contributed by atoms with Crippen molar-refractivity contribution in [1.29, 1.82) is 0 Å². The molecule has 0 spiro atoms. The second-order valence-electron chi connectivity index (χ2n) is 8.25. The number of nitrogens with zero attached hydrogens (tertiary/aromatic N) is 2. The van der Waals surface area contributed by atoms with E-state index in [2.05, 4.69) is 27.0 Å². The van der Waals surface area contributed by atoms with Crippen LogP contribution in [0.5, 0.6) is 5.88 Å². The van der Waals surface area contributed by atoms with Crippen molar-refractivity contribution in [1.82, 2.24) is 9.88 Å². The van der Waals surface area contributed by atoms with Gasteiger partial charge in [-0.1, -0.05) is 24.6 Å². The van der Waals surface area contributed by atoms with Crippen LogP contribution in [0.4, 0.5) is 5.69 Å². The number of aliphatic imine (C=N–C) groups is 1. The van der Waals surface area contributed by atoms with Crippen LogP contribution in [0.1, 0.15) is 30.4 Å². The highest BCUT2D eigenvalue weighted by molar-refractivity contribution is 6.03. The number of pyridine rings is 1. The SMILES string of the molecule is O=c1[nH]c(O)c(C=Nc2ccc(CN3CCCCC3)cc2)c2cc(-c3ccoc3)ccc12. The molecule has 2 aromatic heterocycles. The first-order valence-corrected chi connectivity index (χ1v) is 10.9. The van der Waals surface area contributed by atoms with Gasteiger partial charge in [-0.15, -0.1) is 0 Å². The zero-order chi connectivity index (χ0) is 21.9. The topological polar surface area (TPSA) is 81.8 Å². The first kappa shape index (κ1) is 20.3. The number of aromatic amines is 1. The molecular weight excluding hydrogens is 402 g/mol. The van der Waals surface area contributed by atoms with Crippen molar-refractivity contribution < 1.29 is 9.52 Å². The average Bonchev–Trinajstić information content (AvgIpc) is 3.35. The molecule has 0 radical (unpaired) electrons. The maximum Gasteiger partial charge on any atom is 0.258 e. The summed E-state index contributed by atoms with van der Waals surface area (Å²) in [6.45, 7) is 3.30. The lowest BCUT2D eigenvalue weighted by molar-refractivity contribution is 0.221. The van der Waals surface area contributed by atoms with E-state index in [0.717, 1.165) is 23.4 Å². The Hall–Kier alpha value is -3.64. The molecule has 1 aliphatic rings. The molecule has 0 atom stereocenters. The lowest BCUT2D eigenvalue weighted by Crippen LogP contribution is -2.28. The highest BCUT2D eigenvalue weighted by Crippen LogP contribution is 2.28. The number of H-pyrrole nitrogens is 1. The molecular formula is C26H25N3O3. The predicted molar refractivity (Wildman–Crippen MR) is 127 cm³/mol. The Balaban J connectivity index is 1.44. The molecule has 0 bridgehead atoms. The molecule has 0 unspecified atom stereocenters. The van der Waals surface area contributed by atoms with E-state index < -0.39 is 0 Å². The number of rotatable bonds is 5. The number of aromatic nitrogens is 1. The van der Waals surface area contributed by atoms with Crippen LogP contribution in [0.2, 0.25) is 0 Å². The van der Waals surface area contributed by atoms with Crippen LogP contribution < -0.4 is 5.56 Å². The molecule has 162 valence electrons. The molecule has 6 nitrogen and oxygen atoms in total. The first-order valence-electron chi connectivity index (χ1n) is 10.9. The van der Waals surface area contributed by atoms with Crippen LogP contribution in [0, 0.1) is 0 Å². The number of likely N-dealkylation sites (tertiary alicyclic amines) is 1. The third-order valence-electron chi connectivity index (χ3n) is 6.03. The highest BCUT2D eigenvalue weighted by atomic mass is 16.3. The number of benzene rings is 2. The van der Waals surface area contributed by atoms with Crippen molar-refractivity contribution in [3.8, 4) is 17.0 Å². The summed E-state index contributed by atoms with van der Waals surface area (Å²) in [5.41, 5.74) is 4.00. The summed E-state index contributed by atoms with van der Waals surface area (Å²) in [4.78, 5) is 21.9. The Kier molecular flexibility index (Phi) is 5.60. The van der Waals surface area contributed by atoms with E-state index in [1.54, 1.807) is 24.8 Å². The molecule has 4 aromatic rings. The highest BCUT2D eigenvalue weighted by Gasteiger charge is 2.12. The first-order chi connectivity index (χ1) is 15.7. The summed E-state index contributed by atoms with van der Waals surface area (Å²) < 4.78 is 5.17. The van der Waals surface area contributed by atoms with Crippen LogP contribution in [0.3, 0.4) is 0 Å². The molecule has 32 heavy (non-hydrogen) atoms. The summed E-state index contributed by atoms with van der Waals surface area (Å²) in [6, 6.07) is 15.5. The van der Waals surface area contributed by atoms with Crippen molar-refractivity contribution in [3.63, 3.8) is 0 Å². The minimum absolute atomic E-state index is 0.197. The average molecular weight is 428 g/mol. The van der Waals surface area contributed by atoms with Gasteiger partial charge in [-0.05, 0) is 67.4 Å². The molecule has 3 heterocycles. The minimum atomic E-state index is -0.338. The predicted octanol–water partition coefficient (Wildman–Crippen LogP) is 5.23. The van der Waals surface area contributed by atoms with Gasteiger partial charge in [-0.2, -0.15) is 0 Å². The molecule has 1 aliphatic heterocycles. The van der Waals surface area contributed by atoms with E-state index >= 15 is 0 Å². The molecule has 0 aliphatic carbocycles. The van der Waals surface area contributed by atoms with Crippen LogP contribution in [-0.4, -0.2) is 34.3 Å². The largest absolute Gasteiger partial charge is 0.494 e. The van der Waals surface area contributed by atoms with Crippen LogP contribution in [-0.2, 0) is 6.54 Å². The minimum Gasteiger partial charge on any atom is -0.494 e. The van der Waals surface area contributed by atoms with Crippen molar-refractivity contribution in [2.24, 2.45) is 4.99 Å². The normalized spacial score (nSPS) is 15.0. The van der Waals surface area contributed by atoms with E-state index in [1.165, 1.54) is 37.9 Å². The number of hydrogen-bond donors (Lipinski definition) is 2. The Morgan fingerprint density at radius 3 is 2.56 bits per heavy atom. The van der Waals surface area contributed by atoms with E-state index in [0.29, 0.717) is 16.3 Å². The number of fused-ring (bicyclic) bond motifs is 1. The van der Waals surface area contributed by atoms with E-state index in [1.807, 2.05) is 30.3 Å². The fraction of sp³-hybridized carbons (Fsp3) is 0.231. The fourth-order valence-electron chi connectivity index (χ4n) is 4.28. The molecule has 6 heteroatoms. The maximum atomic E-state index is 12.3. The summed E-state index contributed by atoms with van der Waals surface area (Å²) >= 11 is 0. The Morgan fingerprint density at radius 1 is 1.00 bits per heavy atom. The number of hydrogen-bond acceptors (Lipinski definition) is 5. The van der Waals surface area contributed by atoms with Gasteiger partial charge in [0.25, 0.3) is 5.56 Å². The number of nitrogens with one attached hydrogen (secondary N) is 1. The molecule has 1 saturated heterocycles. The van der Waals surface area contributed by atoms with Crippen molar-refractivity contribution in [3.05, 3.63) is 82.5 Å². The summed E-state index contributed by atoms with van der Waals surface area (Å²) in [6.07, 6.45) is 8.74. The summed E-state index contributed by atoms with van der Waals surface area (Å²) in [5, 5.41) is 11.6. The lowest BCUT2D eigenvalue weighted by Gasteiger charge is -2.26. The molecule has 2 N–H and O–H groups in total. The third kappa shape index (κ3) is 4.22.